The zero-order valence-electron chi connectivity index (χ0n) is 12.2. The molecule has 0 spiro atoms. The van der Waals surface area contributed by atoms with Gasteiger partial charge in [-0.3, -0.25) is 0 Å². The number of morpholine rings is 1. The number of benzene rings is 1. The quantitative estimate of drug-likeness (QED) is 0.820. The maximum Gasteiger partial charge on any atom is 0.243 e. The minimum Gasteiger partial charge on any atom is -0.373 e. The lowest BCUT2D eigenvalue weighted by Crippen LogP contribution is -2.48. The van der Waals surface area contributed by atoms with Crippen molar-refractivity contribution in [3.63, 3.8) is 0 Å². The number of rotatable bonds is 3. The van der Waals surface area contributed by atoms with E-state index in [-0.39, 0.29) is 22.0 Å². The highest BCUT2D eigenvalue weighted by Gasteiger charge is 2.32. The Labute approximate surface area is 125 Å². The molecule has 2 atom stereocenters. The SMILES string of the molecule is C[C@@H]1CN(S(=O)(=O)c2ccc(S(C)(=O)=O)cc2)C[C@H](C)O1. The molecule has 0 aliphatic carbocycles. The molecule has 0 aromatic heterocycles. The Morgan fingerprint density at radius 1 is 0.952 bits per heavy atom. The van der Waals surface area contributed by atoms with Crippen LogP contribution >= 0.6 is 0 Å². The lowest BCUT2D eigenvalue weighted by atomic mass is 10.3. The molecule has 1 heterocycles. The Morgan fingerprint density at radius 2 is 1.38 bits per heavy atom. The summed E-state index contributed by atoms with van der Waals surface area (Å²) in [7, 11) is -6.97. The van der Waals surface area contributed by atoms with Crippen molar-refractivity contribution in [2.45, 2.75) is 35.8 Å². The number of ether oxygens (including phenoxy) is 1. The van der Waals surface area contributed by atoms with Crippen molar-refractivity contribution in [3.05, 3.63) is 24.3 Å². The Hall–Kier alpha value is -0.960. The van der Waals surface area contributed by atoms with Crippen molar-refractivity contribution >= 4 is 19.9 Å². The van der Waals surface area contributed by atoms with Gasteiger partial charge in [-0.05, 0) is 38.1 Å². The second-order valence-electron chi connectivity index (χ2n) is 5.32. The molecule has 21 heavy (non-hydrogen) atoms. The van der Waals surface area contributed by atoms with Crippen LogP contribution in [0.2, 0.25) is 0 Å². The van der Waals surface area contributed by atoms with Crippen LogP contribution in [-0.4, -0.2) is 52.7 Å². The van der Waals surface area contributed by atoms with Crippen LogP contribution in [0.15, 0.2) is 34.1 Å². The highest BCUT2D eigenvalue weighted by Crippen LogP contribution is 2.22. The summed E-state index contributed by atoms with van der Waals surface area (Å²) in [4.78, 5) is 0.196. The minimum absolute atomic E-state index is 0.0937. The van der Waals surface area contributed by atoms with Gasteiger partial charge in [-0.25, -0.2) is 16.8 Å². The molecule has 0 radical (unpaired) electrons. The number of sulfonamides is 1. The van der Waals surface area contributed by atoms with Crippen molar-refractivity contribution in [1.29, 1.82) is 0 Å². The van der Waals surface area contributed by atoms with Gasteiger partial charge in [0, 0.05) is 19.3 Å². The smallest absolute Gasteiger partial charge is 0.243 e. The maximum absolute atomic E-state index is 12.6. The summed E-state index contributed by atoms with van der Waals surface area (Å²) in [6.45, 7) is 4.23. The molecular weight excluding hydrogens is 314 g/mol. The first-order valence-corrected chi connectivity index (χ1v) is 9.89. The lowest BCUT2D eigenvalue weighted by molar-refractivity contribution is -0.0440. The number of hydrogen-bond acceptors (Lipinski definition) is 5. The lowest BCUT2D eigenvalue weighted by Gasteiger charge is -2.34. The fraction of sp³-hybridized carbons (Fsp3) is 0.538. The molecule has 0 bridgehead atoms. The Kier molecular flexibility index (Phi) is 4.44. The molecule has 1 aromatic rings. The van der Waals surface area contributed by atoms with E-state index in [2.05, 4.69) is 0 Å². The molecule has 6 nitrogen and oxygen atoms in total. The molecular formula is C13H19NO5S2. The van der Waals surface area contributed by atoms with Gasteiger partial charge in [0.25, 0.3) is 0 Å². The highest BCUT2D eigenvalue weighted by atomic mass is 32.2. The van der Waals surface area contributed by atoms with Crippen molar-refractivity contribution in [3.8, 4) is 0 Å². The molecule has 0 N–H and O–H groups in total. The van der Waals surface area contributed by atoms with Crippen molar-refractivity contribution in [1.82, 2.24) is 4.31 Å². The third kappa shape index (κ3) is 3.63. The van der Waals surface area contributed by atoms with Gasteiger partial charge >= 0.3 is 0 Å². The van der Waals surface area contributed by atoms with Crippen LogP contribution in [0.25, 0.3) is 0 Å². The Balaban J connectivity index is 2.31. The molecule has 1 aromatic carbocycles. The average molecular weight is 333 g/mol. The molecule has 2 rings (SSSR count). The van der Waals surface area contributed by atoms with Crippen molar-refractivity contribution < 1.29 is 21.6 Å². The molecule has 0 amide bonds. The predicted molar refractivity (Wildman–Crippen MR) is 78.3 cm³/mol. The van der Waals surface area contributed by atoms with Crippen LogP contribution in [0.1, 0.15) is 13.8 Å². The van der Waals surface area contributed by atoms with E-state index in [1.54, 1.807) is 0 Å². The van der Waals surface area contributed by atoms with E-state index in [1.165, 1.54) is 28.6 Å². The first-order valence-electron chi connectivity index (χ1n) is 6.56. The molecule has 1 aliphatic rings. The van der Waals surface area contributed by atoms with Crippen LogP contribution in [0, 0.1) is 0 Å². The third-order valence-corrected chi connectivity index (χ3v) is 6.25. The van der Waals surface area contributed by atoms with E-state index in [0.29, 0.717) is 13.1 Å². The first-order chi connectivity index (χ1) is 9.60. The van der Waals surface area contributed by atoms with E-state index in [1.807, 2.05) is 13.8 Å². The summed E-state index contributed by atoms with van der Waals surface area (Å²) in [5, 5.41) is 0. The summed E-state index contributed by atoms with van der Waals surface area (Å²) in [6, 6.07) is 5.29. The van der Waals surface area contributed by atoms with Gasteiger partial charge in [-0.15, -0.1) is 0 Å². The number of sulfone groups is 1. The predicted octanol–water partition coefficient (Wildman–Crippen LogP) is 0.888. The summed E-state index contributed by atoms with van der Waals surface area (Å²) in [5.41, 5.74) is 0. The van der Waals surface area contributed by atoms with Crippen LogP contribution in [-0.2, 0) is 24.6 Å². The van der Waals surface area contributed by atoms with Gasteiger partial charge in [-0.2, -0.15) is 4.31 Å². The number of nitrogens with zero attached hydrogens (tertiary/aromatic N) is 1. The standard InChI is InChI=1S/C13H19NO5S2/c1-10-8-14(9-11(2)19-10)21(17,18)13-6-4-12(5-7-13)20(3,15)16/h4-7,10-11H,8-9H2,1-3H3/t10-,11+. The molecule has 1 saturated heterocycles. The van der Waals surface area contributed by atoms with Crippen LogP contribution < -0.4 is 0 Å². The second-order valence-corrected chi connectivity index (χ2v) is 9.28. The molecule has 118 valence electrons. The number of hydrogen-bond donors (Lipinski definition) is 0. The average Bonchev–Trinajstić information content (AvgIpc) is 2.36. The van der Waals surface area contributed by atoms with Crippen LogP contribution in [0.5, 0.6) is 0 Å². The van der Waals surface area contributed by atoms with Crippen molar-refractivity contribution in [2.75, 3.05) is 19.3 Å². The monoisotopic (exact) mass is 333 g/mol. The molecule has 8 heteroatoms. The highest BCUT2D eigenvalue weighted by molar-refractivity contribution is 7.90. The largest absolute Gasteiger partial charge is 0.373 e. The van der Waals surface area contributed by atoms with Crippen LogP contribution in [0.4, 0.5) is 0 Å². The third-order valence-electron chi connectivity index (χ3n) is 3.28. The summed E-state index contributed by atoms with van der Waals surface area (Å²) in [6.07, 6.45) is 0.750. The molecule has 1 aliphatic heterocycles. The van der Waals surface area contributed by atoms with Gasteiger partial charge in [0.2, 0.25) is 10.0 Å². The topological polar surface area (TPSA) is 80.8 Å². The van der Waals surface area contributed by atoms with Gasteiger partial charge in [-0.1, -0.05) is 0 Å². The van der Waals surface area contributed by atoms with E-state index < -0.39 is 19.9 Å². The molecule has 1 fully saturated rings. The van der Waals surface area contributed by atoms with Crippen LogP contribution in [0.3, 0.4) is 0 Å². The van der Waals surface area contributed by atoms with E-state index >= 15 is 0 Å². The summed E-state index contributed by atoms with van der Waals surface area (Å²) >= 11 is 0. The summed E-state index contributed by atoms with van der Waals surface area (Å²) in [5.74, 6) is 0. The second kappa shape index (κ2) is 5.68. The van der Waals surface area contributed by atoms with E-state index in [0.717, 1.165) is 6.26 Å². The zero-order valence-corrected chi connectivity index (χ0v) is 13.8. The Bertz CT molecular complexity index is 699. The van der Waals surface area contributed by atoms with Gasteiger partial charge < -0.3 is 4.74 Å². The normalized spacial score (nSPS) is 24.9. The fourth-order valence-corrected chi connectivity index (χ4v) is 4.56. The fourth-order valence-electron chi connectivity index (χ4n) is 2.33. The molecule has 0 saturated carbocycles. The van der Waals surface area contributed by atoms with E-state index in [4.69, 9.17) is 4.74 Å². The van der Waals surface area contributed by atoms with Crippen molar-refractivity contribution in [2.24, 2.45) is 0 Å². The van der Waals surface area contributed by atoms with E-state index in [9.17, 15) is 16.8 Å². The Morgan fingerprint density at radius 3 is 1.81 bits per heavy atom. The minimum atomic E-state index is -3.63. The molecule has 0 unspecified atom stereocenters. The summed E-state index contributed by atoms with van der Waals surface area (Å²) < 4.78 is 54.8. The first kappa shape index (κ1) is 16.4. The zero-order chi connectivity index (χ0) is 15.8. The van der Waals surface area contributed by atoms with Gasteiger partial charge in [0.1, 0.15) is 0 Å². The van der Waals surface area contributed by atoms with Gasteiger partial charge in [0.15, 0.2) is 9.84 Å². The maximum atomic E-state index is 12.6. The van der Waals surface area contributed by atoms with Gasteiger partial charge in [0.05, 0.1) is 22.0 Å².